The van der Waals surface area contributed by atoms with Crippen LogP contribution >= 0.6 is 0 Å². The summed E-state index contributed by atoms with van der Waals surface area (Å²) < 4.78 is 6.88. The second-order valence-corrected chi connectivity index (χ2v) is 5.83. The van der Waals surface area contributed by atoms with Crippen molar-refractivity contribution in [1.29, 1.82) is 0 Å². The maximum Gasteiger partial charge on any atom is 0.347 e. The number of aromatic nitrogens is 2. The van der Waals surface area contributed by atoms with Crippen LogP contribution in [0.15, 0.2) is 33.6 Å². The second-order valence-electron chi connectivity index (χ2n) is 5.83. The summed E-state index contributed by atoms with van der Waals surface area (Å²) in [6.45, 7) is 6.00. The van der Waals surface area contributed by atoms with Gasteiger partial charge in [0.2, 0.25) is 5.91 Å². The average Bonchev–Trinajstić information content (AvgIpc) is 2.92. The zero-order valence-electron chi connectivity index (χ0n) is 13.4. The molecule has 2 aromatic heterocycles. The molecule has 6 heteroatoms. The first-order chi connectivity index (χ1) is 11.0. The third kappa shape index (κ3) is 2.84. The van der Waals surface area contributed by atoms with E-state index in [4.69, 9.17) is 4.42 Å². The van der Waals surface area contributed by atoms with Crippen LogP contribution in [-0.4, -0.2) is 21.7 Å². The number of carbonyl (C=O) groups excluding carboxylic acids is 1. The number of rotatable bonds is 4. The summed E-state index contributed by atoms with van der Waals surface area (Å²) in [4.78, 5) is 24.2. The summed E-state index contributed by atoms with van der Waals surface area (Å²) in [5.74, 6) is -0.126. The van der Waals surface area contributed by atoms with Crippen molar-refractivity contribution < 1.29 is 9.21 Å². The molecular formula is C17H19N3O3. The van der Waals surface area contributed by atoms with E-state index in [1.54, 1.807) is 10.7 Å². The summed E-state index contributed by atoms with van der Waals surface area (Å²) in [6.07, 6.45) is 2.32. The minimum atomic E-state index is -0.440. The molecule has 1 N–H and O–H groups in total. The van der Waals surface area contributed by atoms with Gasteiger partial charge in [-0.25, -0.2) is 4.79 Å². The number of benzene rings is 1. The van der Waals surface area contributed by atoms with Gasteiger partial charge in [0.25, 0.3) is 0 Å². The molecule has 6 nitrogen and oxygen atoms in total. The zero-order valence-corrected chi connectivity index (χ0v) is 13.4. The van der Waals surface area contributed by atoms with Gasteiger partial charge >= 0.3 is 5.63 Å². The molecule has 0 aliphatic rings. The Labute approximate surface area is 133 Å². The molecule has 0 spiro atoms. The van der Waals surface area contributed by atoms with E-state index in [1.165, 1.54) is 6.20 Å². The number of amides is 1. The highest BCUT2D eigenvalue weighted by molar-refractivity contribution is 6.02. The van der Waals surface area contributed by atoms with Crippen LogP contribution in [-0.2, 0) is 11.3 Å². The van der Waals surface area contributed by atoms with Crippen LogP contribution in [0, 0.1) is 6.92 Å². The van der Waals surface area contributed by atoms with Gasteiger partial charge in [-0.2, -0.15) is 5.10 Å². The number of hydrogen-bond acceptors (Lipinski definition) is 4. The van der Waals surface area contributed by atoms with Gasteiger partial charge in [0, 0.05) is 11.4 Å². The Balaban J connectivity index is 2.11. The Morgan fingerprint density at radius 3 is 2.91 bits per heavy atom. The molecule has 0 fully saturated rings. The van der Waals surface area contributed by atoms with Crippen LogP contribution in [0.3, 0.4) is 0 Å². The van der Waals surface area contributed by atoms with Crippen molar-refractivity contribution in [1.82, 2.24) is 15.1 Å². The molecule has 0 bridgehead atoms. The number of aryl methyl sites for hydroxylation is 1. The smallest absolute Gasteiger partial charge is 0.347 e. The Kier molecular flexibility index (Phi) is 3.90. The van der Waals surface area contributed by atoms with Crippen LogP contribution in [0.5, 0.6) is 0 Å². The summed E-state index contributed by atoms with van der Waals surface area (Å²) >= 11 is 0. The van der Waals surface area contributed by atoms with Crippen molar-refractivity contribution in [2.75, 3.05) is 0 Å². The lowest BCUT2D eigenvalue weighted by Gasteiger charge is -2.12. The lowest BCUT2D eigenvalue weighted by atomic mass is 10.1. The normalized spacial score (nSPS) is 12.7. The molecule has 23 heavy (non-hydrogen) atoms. The van der Waals surface area contributed by atoms with E-state index in [0.29, 0.717) is 16.5 Å². The van der Waals surface area contributed by atoms with Gasteiger partial charge in [-0.15, -0.1) is 0 Å². The highest BCUT2D eigenvalue weighted by atomic mass is 16.4. The van der Waals surface area contributed by atoms with Crippen LogP contribution in [0.4, 0.5) is 0 Å². The van der Waals surface area contributed by atoms with Crippen LogP contribution in [0.1, 0.15) is 25.8 Å². The van der Waals surface area contributed by atoms with E-state index in [9.17, 15) is 9.59 Å². The molecule has 0 aliphatic heterocycles. The van der Waals surface area contributed by atoms with Crippen molar-refractivity contribution in [3.05, 3.63) is 40.4 Å². The highest BCUT2D eigenvalue weighted by Crippen LogP contribution is 2.23. The van der Waals surface area contributed by atoms with Crippen molar-refractivity contribution in [3.8, 4) is 0 Å². The lowest BCUT2D eigenvalue weighted by molar-refractivity contribution is -0.122. The van der Waals surface area contributed by atoms with E-state index < -0.39 is 5.63 Å². The molecule has 120 valence electrons. The predicted molar refractivity (Wildman–Crippen MR) is 88.4 cm³/mol. The van der Waals surface area contributed by atoms with E-state index >= 15 is 0 Å². The topological polar surface area (TPSA) is 77.1 Å². The fraction of sp³-hybridized carbons (Fsp3) is 0.353. The van der Waals surface area contributed by atoms with Gasteiger partial charge in [0.05, 0.1) is 11.7 Å². The highest BCUT2D eigenvalue weighted by Gasteiger charge is 2.15. The summed E-state index contributed by atoms with van der Waals surface area (Å²) in [5.41, 5.74) is 1.74. The van der Waals surface area contributed by atoms with Crippen molar-refractivity contribution in [2.45, 2.75) is 39.8 Å². The fourth-order valence-electron chi connectivity index (χ4n) is 2.57. The Morgan fingerprint density at radius 2 is 2.17 bits per heavy atom. The SMILES string of the molecule is CCC(C)NC(=O)Cn1ncc2c(=O)oc3ccc(C)cc3c21. The van der Waals surface area contributed by atoms with E-state index in [2.05, 4.69) is 10.4 Å². The molecule has 1 aromatic carbocycles. The number of fused-ring (bicyclic) bond motifs is 3. The van der Waals surface area contributed by atoms with Crippen molar-refractivity contribution in [2.24, 2.45) is 0 Å². The Morgan fingerprint density at radius 1 is 1.39 bits per heavy atom. The van der Waals surface area contributed by atoms with Crippen LogP contribution in [0.25, 0.3) is 21.9 Å². The number of nitrogens with one attached hydrogen (secondary N) is 1. The molecule has 3 rings (SSSR count). The van der Waals surface area contributed by atoms with Gasteiger partial charge in [-0.3, -0.25) is 9.48 Å². The number of nitrogens with zero attached hydrogens (tertiary/aromatic N) is 2. The molecule has 3 aromatic rings. The first-order valence-electron chi connectivity index (χ1n) is 7.68. The van der Waals surface area contributed by atoms with E-state index in [1.807, 2.05) is 32.9 Å². The van der Waals surface area contributed by atoms with Crippen molar-refractivity contribution in [3.63, 3.8) is 0 Å². The van der Waals surface area contributed by atoms with Gasteiger partial charge in [0.15, 0.2) is 0 Å². The minimum absolute atomic E-state index is 0.0698. The van der Waals surface area contributed by atoms with Crippen LogP contribution < -0.4 is 10.9 Å². The first kappa shape index (κ1) is 15.3. The largest absolute Gasteiger partial charge is 0.422 e. The molecule has 0 aliphatic carbocycles. The molecule has 0 saturated carbocycles. The van der Waals surface area contributed by atoms with E-state index in [0.717, 1.165) is 17.4 Å². The average molecular weight is 313 g/mol. The quantitative estimate of drug-likeness (QED) is 0.750. The van der Waals surface area contributed by atoms with Gasteiger partial charge in [0.1, 0.15) is 17.5 Å². The predicted octanol–water partition coefficient (Wildman–Crippen LogP) is 2.37. The van der Waals surface area contributed by atoms with E-state index in [-0.39, 0.29) is 18.5 Å². The summed E-state index contributed by atoms with van der Waals surface area (Å²) in [7, 11) is 0. The summed E-state index contributed by atoms with van der Waals surface area (Å²) in [6, 6.07) is 5.69. The number of carbonyl (C=O) groups is 1. The Bertz CT molecular complexity index is 939. The second kappa shape index (κ2) is 5.87. The standard InChI is InChI=1S/C17H19N3O3/c1-4-11(3)19-15(21)9-20-16-12-7-10(2)5-6-14(12)23-17(22)13(16)8-18-20/h5-8,11H,4,9H2,1-3H3,(H,19,21). The lowest BCUT2D eigenvalue weighted by Crippen LogP contribution is -2.34. The molecule has 1 amide bonds. The molecule has 1 atom stereocenters. The monoisotopic (exact) mass is 313 g/mol. The molecule has 2 heterocycles. The van der Waals surface area contributed by atoms with Crippen molar-refractivity contribution >= 4 is 27.8 Å². The fourth-order valence-corrected chi connectivity index (χ4v) is 2.57. The molecule has 0 saturated heterocycles. The van der Waals surface area contributed by atoms with Crippen LogP contribution in [0.2, 0.25) is 0 Å². The zero-order chi connectivity index (χ0) is 16.6. The number of hydrogen-bond donors (Lipinski definition) is 1. The maximum atomic E-state index is 12.1. The third-order valence-electron chi connectivity index (χ3n) is 3.97. The first-order valence-corrected chi connectivity index (χ1v) is 7.68. The van der Waals surface area contributed by atoms with Gasteiger partial charge < -0.3 is 9.73 Å². The minimum Gasteiger partial charge on any atom is -0.422 e. The molecular weight excluding hydrogens is 294 g/mol. The Hall–Kier alpha value is -2.63. The maximum absolute atomic E-state index is 12.1. The molecule has 1 unspecified atom stereocenters. The summed E-state index contributed by atoms with van der Waals surface area (Å²) in [5, 5.41) is 8.28. The van der Waals surface area contributed by atoms with Gasteiger partial charge in [-0.1, -0.05) is 18.6 Å². The third-order valence-corrected chi connectivity index (χ3v) is 3.97. The molecule has 0 radical (unpaired) electrons. The van der Waals surface area contributed by atoms with Gasteiger partial charge in [-0.05, 0) is 32.4 Å².